The van der Waals surface area contributed by atoms with Crippen LogP contribution in [-0.4, -0.2) is 62.1 Å². The molecule has 9 heteroatoms. The number of halogens is 2. The lowest BCUT2D eigenvalue weighted by Gasteiger charge is -2.36. The molecule has 0 N–H and O–H groups in total. The number of piperidine rings is 1. The highest BCUT2D eigenvalue weighted by Gasteiger charge is 2.40. The minimum Gasteiger partial charge on any atom is -0.434 e. The number of fused-ring (bicyclic) bond motifs is 4. The number of carbonyl (C=O) groups excluding carboxylic acids is 1. The minimum atomic E-state index is -3.34. The zero-order chi connectivity index (χ0) is 18.2. The zero-order valence-corrected chi connectivity index (χ0v) is 14.6. The van der Waals surface area contributed by atoms with E-state index in [9.17, 15) is 22.0 Å². The molecule has 3 fully saturated rings. The molecule has 1 amide bonds. The van der Waals surface area contributed by atoms with E-state index >= 15 is 0 Å². The van der Waals surface area contributed by atoms with Crippen LogP contribution >= 0.6 is 0 Å². The van der Waals surface area contributed by atoms with Crippen molar-refractivity contribution in [2.75, 3.05) is 25.9 Å². The normalized spacial score (nSPS) is 24.4. The van der Waals surface area contributed by atoms with Gasteiger partial charge in [-0.05, 0) is 30.9 Å². The molecule has 2 atom stereocenters. The van der Waals surface area contributed by atoms with Crippen molar-refractivity contribution in [3.63, 3.8) is 0 Å². The van der Waals surface area contributed by atoms with Crippen LogP contribution in [0.15, 0.2) is 24.3 Å². The maximum absolute atomic E-state index is 12.9. The van der Waals surface area contributed by atoms with E-state index in [2.05, 4.69) is 4.74 Å². The van der Waals surface area contributed by atoms with Gasteiger partial charge in [0.2, 0.25) is 10.0 Å². The summed E-state index contributed by atoms with van der Waals surface area (Å²) in [7, 11) is -3.34. The summed E-state index contributed by atoms with van der Waals surface area (Å²) in [6.07, 6.45) is 2.70. The summed E-state index contributed by atoms with van der Waals surface area (Å²) in [5.74, 6) is -0.524. The van der Waals surface area contributed by atoms with Crippen molar-refractivity contribution in [1.82, 2.24) is 9.21 Å². The molecule has 0 radical (unpaired) electrons. The van der Waals surface area contributed by atoms with Crippen LogP contribution in [0.2, 0.25) is 0 Å². The van der Waals surface area contributed by atoms with Gasteiger partial charge in [-0.25, -0.2) is 8.42 Å². The molecular formula is C16H20F2N2O4S. The van der Waals surface area contributed by atoms with Crippen molar-refractivity contribution in [1.29, 1.82) is 0 Å². The molecule has 6 nitrogen and oxygen atoms in total. The number of alkyl halides is 2. The fourth-order valence-corrected chi connectivity index (χ4v) is 4.48. The van der Waals surface area contributed by atoms with E-state index in [0.29, 0.717) is 19.5 Å². The van der Waals surface area contributed by atoms with E-state index < -0.39 is 22.5 Å². The summed E-state index contributed by atoms with van der Waals surface area (Å²) >= 11 is 0. The quantitative estimate of drug-likeness (QED) is 0.806. The van der Waals surface area contributed by atoms with Crippen molar-refractivity contribution in [2.45, 2.75) is 25.5 Å². The third kappa shape index (κ3) is 3.92. The first kappa shape index (κ1) is 18.1. The predicted molar refractivity (Wildman–Crippen MR) is 87.0 cm³/mol. The Hall–Kier alpha value is -1.74. The van der Waals surface area contributed by atoms with Crippen molar-refractivity contribution < 1.29 is 26.7 Å². The minimum absolute atomic E-state index is 0.0422. The number of rotatable bonds is 4. The number of amides is 1. The van der Waals surface area contributed by atoms with Crippen LogP contribution in [-0.2, 0) is 10.0 Å². The van der Waals surface area contributed by atoms with E-state index in [1.165, 1.54) is 22.5 Å². The number of benzene rings is 1. The standard InChI is InChI=1S/C16H20F2N2O4S/c1-25(22,23)19-8-11-6-7-12(10-19)20(9-11)15(21)13-4-2-3-5-14(13)24-16(17)18/h2-5,11-12,16H,6-10H2,1H3/t11-,12+/m0/s1. The molecule has 4 rings (SSSR count). The van der Waals surface area contributed by atoms with Crippen molar-refractivity contribution in [2.24, 2.45) is 5.92 Å². The predicted octanol–water partition coefficient (Wildman–Crippen LogP) is 1.78. The van der Waals surface area contributed by atoms with Crippen LogP contribution in [0.4, 0.5) is 8.78 Å². The second-order valence-corrected chi connectivity index (χ2v) is 8.49. The van der Waals surface area contributed by atoms with Gasteiger partial charge in [0.05, 0.1) is 11.8 Å². The van der Waals surface area contributed by atoms with Gasteiger partial charge >= 0.3 is 6.61 Å². The van der Waals surface area contributed by atoms with E-state index in [-0.39, 0.29) is 29.8 Å². The van der Waals surface area contributed by atoms with E-state index in [1.54, 1.807) is 11.0 Å². The van der Waals surface area contributed by atoms with E-state index in [1.807, 2.05) is 0 Å². The van der Waals surface area contributed by atoms with Gasteiger partial charge in [0, 0.05) is 25.7 Å². The lowest BCUT2D eigenvalue weighted by atomic mass is 9.94. The first-order chi connectivity index (χ1) is 11.8. The molecule has 25 heavy (non-hydrogen) atoms. The Balaban J connectivity index is 1.87. The number of hydrogen-bond acceptors (Lipinski definition) is 4. The molecule has 3 saturated heterocycles. The van der Waals surface area contributed by atoms with Gasteiger partial charge in [0.1, 0.15) is 5.75 Å². The average molecular weight is 374 g/mol. The summed E-state index contributed by atoms with van der Waals surface area (Å²) in [4.78, 5) is 14.5. The number of hydrogen-bond donors (Lipinski definition) is 0. The number of para-hydroxylation sites is 1. The van der Waals surface area contributed by atoms with E-state index in [0.717, 1.165) is 12.7 Å². The lowest BCUT2D eigenvalue weighted by Crippen LogP contribution is -2.47. The molecule has 0 saturated carbocycles. The zero-order valence-electron chi connectivity index (χ0n) is 13.8. The van der Waals surface area contributed by atoms with Crippen LogP contribution in [0.5, 0.6) is 5.75 Å². The summed E-state index contributed by atoms with van der Waals surface area (Å²) < 4.78 is 54.8. The average Bonchev–Trinajstić information content (AvgIpc) is 2.86. The molecule has 2 bridgehead atoms. The van der Waals surface area contributed by atoms with Gasteiger partial charge in [-0.3, -0.25) is 4.79 Å². The number of sulfonamides is 1. The fourth-order valence-electron chi connectivity index (χ4n) is 3.56. The Kier molecular flexibility index (Phi) is 4.97. The van der Waals surface area contributed by atoms with Gasteiger partial charge < -0.3 is 9.64 Å². The second-order valence-electron chi connectivity index (χ2n) is 6.51. The van der Waals surface area contributed by atoms with Crippen LogP contribution < -0.4 is 4.74 Å². The van der Waals surface area contributed by atoms with Crippen LogP contribution in [0, 0.1) is 5.92 Å². The smallest absolute Gasteiger partial charge is 0.387 e. The molecule has 3 aliphatic rings. The summed E-state index contributed by atoms with van der Waals surface area (Å²) in [6, 6.07) is 5.63. The van der Waals surface area contributed by atoms with Crippen LogP contribution in [0.3, 0.4) is 0 Å². The van der Waals surface area contributed by atoms with Crippen molar-refractivity contribution >= 4 is 15.9 Å². The maximum atomic E-state index is 12.9. The van der Waals surface area contributed by atoms with Crippen molar-refractivity contribution in [3.05, 3.63) is 29.8 Å². The topological polar surface area (TPSA) is 66.9 Å². The Morgan fingerprint density at radius 2 is 1.92 bits per heavy atom. The van der Waals surface area contributed by atoms with Crippen LogP contribution in [0.25, 0.3) is 0 Å². The van der Waals surface area contributed by atoms with Gasteiger partial charge in [-0.15, -0.1) is 0 Å². The Bertz CT molecular complexity index is 756. The maximum Gasteiger partial charge on any atom is 0.387 e. The summed E-state index contributed by atoms with van der Waals surface area (Å²) in [6.45, 7) is -1.98. The Labute approximate surface area is 145 Å². The number of carbonyl (C=O) groups is 1. The van der Waals surface area contributed by atoms with Gasteiger partial charge in [-0.1, -0.05) is 12.1 Å². The highest BCUT2D eigenvalue weighted by molar-refractivity contribution is 7.88. The number of nitrogens with zero attached hydrogens (tertiary/aromatic N) is 2. The Morgan fingerprint density at radius 1 is 1.20 bits per heavy atom. The van der Waals surface area contributed by atoms with Gasteiger partial charge in [0.15, 0.2) is 0 Å². The third-order valence-corrected chi connectivity index (χ3v) is 5.98. The third-order valence-electron chi connectivity index (χ3n) is 4.74. The highest BCUT2D eigenvalue weighted by atomic mass is 32.2. The fraction of sp³-hybridized carbons (Fsp3) is 0.562. The Morgan fingerprint density at radius 3 is 2.60 bits per heavy atom. The summed E-state index contributed by atoms with van der Waals surface area (Å²) in [5, 5.41) is 0. The molecule has 1 aromatic rings. The first-order valence-corrected chi connectivity index (χ1v) is 9.90. The molecule has 138 valence electrons. The monoisotopic (exact) mass is 374 g/mol. The largest absolute Gasteiger partial charge is 0.434 e. The molecule has 0 spiro atoms. The molecule has 1 aromatic carbocycles. The molecule has 0 aliphatic carbocycles. The van der Waals surface area contributed by atoms with Crippen molar-refractivity contribution in [3.8, 4) is 5.75 Å². The molecule has 0 aromatic heterocycles. The van der Waals surface area contributed by atoms with Gasteiger partial charge in [0.25, 0.3) is 5.91 Å². The molecule has 3 heterocycles. The SMILES string of the molecule is CS(=O)(=O)N1C[C@@H]2CC[C@H](C1)N(C(=O)c1ccccc1OC(F)F)C2. The van der Waals surface area contributed by atoms with Crippen LogP contribution in [0.1, 0.15) is 23.2 Å². The number of ether oxygens (including phenoxy) is 1. The molecular weight excluding hydrogens is 354 g/mol. The second kappa shape index (κ2) is 6.87. The van der Waals surface area contributed by atoms with E-state index in [4.69, 9.17) is 0 Å². The molecule has 0 unspecified atom stereocenters. The lowest BCUT2D eigenvalue weighted by molar-refractivity contribution is -0.0503. The summed E-state index contributed by atoms with van der Waals surface area (Å²) in [5.41, 5.74) is 0.0706. The first-order valence-electron chi connectivity index (χ1n) is 8.05. The highest BCUT2D eigenvalue weighted by Crippen LogP contribution is 2.32. The molecule has 3 aliphatic heterocycles. The van der Waals surface area contributed by atoms with Gasteiger partial charge in [-0.2, -0.15) is 13.1 Å².